The number of carbonyl (C=O) groups is 1. The summed E-state index contributed by atoms with van der Waals surface area (Å²) in [5.41, 5.74) is 1.02. The number of hydrogen-bond acceptors (Lipinski definition) is 2. The maximum absolute atomic E-state index is 10.7. The van der Waals surface area contributed by atoms with Crippen LogP contribution in [0.25, 0.3) is 6.08 Å². The summed E-state index contributed by atoms with van der Waals surface area (Å²) in [6.07, 6.45) is 6.61. The number of halogens is 1. The predicted octanol–water partition coefficient (Wildman–Crippen LogP) is 3.08. The van der Waals surface area contributed by atoms with Crippen molar-refractivity contribution in [3.05, 3.63) is 53.1 Å². The smallest absolute Gasteiger partial charge is 0.330 e. The van der Waals surface area contributed by atoms with Gasteiger partial charge in [-0.1, -0.05) is 42.0 Å². The molecule has 0 saturated heterocycles. The Labute approximate surface area is 93.8 Å². The molecule has 0 aliphatic rings. The Balaban J connectivity index is 2.55. The zero-order valence-corrected chi connectivity index (χ0v) is 9.07. The molecule has 1 aromatic rings. The third-order valence-corrected chi connectivity index (χ3v) is 1.96. The van der Waals surface area contributed by atoms with Crippen molar-refractivity contribution in [3.8, 4) is 0 Å². The Morgan fingerprint density at radius 2 is 1.93 bits per heavy atom. The summed E-state index contributed by atoms with van der Waals surface area (Å²) >= 11 is 5.73. The topological polar surface area (TPSA) is 26.3 Å². The molecule has 0 N–H and O–H groups in total. The highest BCUT2D eigenvalue weighted by Gasteiger charge is 1.88. The van der Waals surface area contributed by atoms with E-state index in [9.17, 15) is 4.79 Å². The molecule has 78 valence electrons. The third-order valence-electron chi connectivity index (χ3n) is 1.70. The van der Waals surface area contributed by atoms with E-state index in [1.807, 2.05) is 30.3 Å². The molecular formula is C12H11ClO2. The Bertz CT molecular complexity index is 377. The van der Waals surface area contributed by atoms with E-state index in [1.54, 1.807) is 12.2 Å². The first-order valence-corrected chi connectivity index (χ1v) is 4.78. The third kappa shape index (κ3) is 4.47. The predicted molar refractivity (Wildman–Crippen MR) is 61.6 cm³/mol. The number of allylic oxidation sites excluding steroid dienone is 2. The van der Waals surface area contributed by atoms with Crippen molar-refractivity contribution in [2.45, 2.75) is 0 Å². The molecule has 1 aromatic carbocycles. The summed E-state index contributed by atoms with van der Waals surface area (Å²) in [4.78, 5) is 10.7. The SMILES string of the molecule is COC(=O)C=CC=Cc1ccc(Cl)cc1. The molecule has 1 rings (SSSR count). The van der Waals surface area contributed by atoms with E-state index in [2.05, 4.69) is 4.74 Å². The van der Waals surface area contributed by atoms with E-state index < -0.39 is 0 Å². The van der Waals surface area contributed by atoms with Gasteiger partial charge in [0.2, 0.25) is 0 Å². The van der Waals surface area contributed by atoms with Gasteiger partial charge < -0.3 is 4.74 Å². The fraction of sp³-hybridized carbons (Fsp3) is 0.0833. The van der Waals surface area contributed by atoms with E-state index in [0.717, 1.165) is 5.56 Å². The molecule has 0 atom stereocenters. The highest BCUT2D eigenvalue weighted by molar-refractivity contribution is 6.30. The van der Waals surface area contributed by atoms with E-state index in [-0.39, 0.29) is 5.97 Å². The summed E-state index contributed by atoms with van der Waals surface area (Å²) in [6, 6.07) is 7.41. The molecule has 15 heavy (non-hydrogen) atoms. The van der Waals surface area contributed by atoms with Gasteiger partial charge in [-0.25, -0.2) is 4.79 Å². The minimum absolute atomic E-state index is 0.365. The largest absolute Gasteiger partial charge is 0.466 e. The maximum atomic E-state index is 10.7. The lowest BCUT2D eigenvalue weighted by molar-refractivity contribution is -0.134. The first-order chi connectivity index (χ1) is 7.22. The number of methoxy groups -OCH3 is 1. The van der Waals surface area contributed by atoms with Crippen LogP contribution in [0.15, 0.2) is 42.5 Å². The normalized spacial score (nSPS) is 11.1. The van der Waals surface area contributed by atoms with Gasteiger partial charge in [-0.3, -0.25) is 0 Å². The van der Waals surface area contributed by atoms with Crippen molar-refractivity contribution < 1.29 is 9.53 Å². The fourth-order valence-electron chi connectivity index (χ4n) is 0.943. The minimum Gasteiger partial charge on any atom is -0.466 e. The lowest BCUT2D eigenvalue weighted by atomic mass is 10.2. The van der Waals surface area contributed by atoms with Crippen molar-refractivity contribution >= 4 is 23.6 Å². The zero-order chi connectivity index (χ0) is 11.1. The van der Waals surface area contributed by atoms with Crippen molar-refractivity contribution in [3.63, 3.8) is 0 Å². The number of esters is 1. The summed E-state index contributed by atoms with van der Waals surface area (Å²) in [5.74, 6) is -0.365. The minimum atomic E-state index is -0.365. The standard InChI is InChI=1S/C12H11ClO2/c1-15-12(14)5-3-2-4-10-6-8-11(13)9-7-10/h2-9H,1H3. The van der Waals surface area contributed by atoms with Crippen LogP contribution in [0.1, 0.15) is 5.56 Å². The number of rotatable bonds is 3. The summed E-state index contributed by atoms with van der Waals surface area (Å²) < 4.78 is 4.44. The first-order valence-electron chi connectivity index (χ1n) is 4.40. The van der Waals surface area contributed by atoms with E-state index in [1.165, 1.54) is 13.2 Å². The Morgan fingerprint density at radius 3 is 2.53 bits per heavy atom. The second-order valence-electron chi connectivity index (χ2n) is 2.79. The second-order valence-corrected chi connectivity index (χ2v) is 3.23. The summed E-state index contributed by atoms with van der Waals surface area (Å²) in [7, 11) is 1.34. The number of hydrogen-bond donors (Lipinski definition) is 0. The van der Waals surface area contributed by atoms with E-state index in [0.29, 0.717) is 5.02 Å². The summed E-state index contributed by atoms with van der Waals surface area (Å²) in [6.45, 7) is 0. The molecule has 0 aliphatic carbocycles. The molecule has 0 saturated carbocycles. The van der Waals surface area contributed by atoms with E-state index in [4.69, 9.17) is 11.6 Å². The Hall–Kier alpha value is -1.54. The number of carbonyl (C=O) groups excluding carboxylic acids is 1. The van der Waals surface area contributed by atoms with Crippen molar-refractivity contribution in [2.75, 3.05) is 7.11 Å². The van der Waals surface area contributed by atoms with Crippen LogP contribution in [0.4, 0.5) is 0 Å². The van der Waals surface area contributed by atoms with Crippen LogP contribution in [0, 0.1) is 0 Å². The molecule has 0 aliphatic heterocycles. The van der Waals surface area contributed by atoms with Crippen LogP contribution in [-0.4, -0.2) is 13.1 Å². The zero-order valence-electron chi connectivity index (χ0n) is 8.31. The highest BCUT2D eigenvalue weighted by atomic mass is 35.5. The van der Waals surface area contributed by atoms with Crippen molar-refractivity contribution in [1.29, 1.82) is 0 Å². The summed E-state index contributed by atoms with van der Waals surface area (Å²) in [5, 5.41) is 0.706. The first kappa shape index (κ1) is 11.5. The van der Waals surface area contributed by atoms with Gasteiger partial charge in [-0.15, -0.1) is 0 Å². The molecule has 0 fully saturated rings. The second kappa shape index (κ2) is 6.04. The van der Waals surface area contributed by atoms with Gasteiger partial charge in [0.1, 0.15) is 0 Å². The molecular weight excluding hydrogens is 212 g/mol. The average Bonchev–Trinajstić information content (AvgIpc) is 2.26. The molecule has 0 unspecified atom stereocenters. The molecule has 2 nitrogen and oxygen atoms in total. The van der Waals surface area contributed by atoms with Crippen LogP contribution >= 0.6 is 11.6 Å². The average molecular weight is 223 g/mol. The lowest BCUT2D eigenvalue weighted by Crippen LogP contribution is -1.92. The molecule has 0 spiro atoms. The monoisotopic (exact) mass is 222 g/mol. The quantitative estimate of drug-likeness (QED) is 0.446. The van der Waals surface area contributed by atoms with Crippen molar-refractivity contribution in [2.24, 2.45) is 0 Å². The Morgan fingerprint density at radius 1 is 1.27 bits per heavy atom. The molecule has 3 heteroatoms. The lowest BCUT2D eigenvalue weighted by Gasteiger charge is -1.91. The molecule has 0 aromatic heterocycles. The van der Waals surface area contributed by atoms with Gasteiger partial charge in [-0.2, -0.15) is 0 Å². The number of ether oxygens (including phenoxy) is 1. The molecule has 0 heterocycles. The van der Waals surface area contributed by atoms with Crippen LogP contribution in [0.5, 0.6) is 0 Å². The van der Waals surface area contributed by atoms with Gasteiger partial charge in [0.05, 0.1) is 7.11 Å². The number of benzene rings is 1. The molecule has 0 bridgehead atoms. The van der Waals surface area contributed by atoms with Crippen LogP contribution in [0.2, 0.25) is 5.02 Å². The maximum Gasteiger partial charge on any atom is 0.330 e. The van der Waals surface area contributed by atoms with Crippen molar-refractivity contribution in [1.82, 2.24) is 0 Å². The van der Waals surface area contributed by atoms with Gasteiger partial charge in [0.15, 0.2) is 0 Å². The van der Waals surface area contributed by atoms with Crippen LogP contribution < -0.4 is 0 Å². The van der Waals surface area contributed by atoms with Gasteiger partial charge in [0.25, 0.3) is 0 Å². The van der Waals surface area contributed by atoms with Gasteiger partial charge in [-0.05, 0) is 17.7 Å². The molecule has 0 radical (unpaired) electrons. The fourth-order valence-corrected chi connectivity index (χ4v) is 1.07. The van der Waals surface area contributed by atoms with Crippen LogP contribution in [0.3, 0.4) is 0 Å². The van der Waals surface area contributed by atoms with E-state index >= 15 is 0 Å². The Kier molecular flexibility index (Phi) is 4.64. The molecule has 0 amide bonds. The van der Waals surface area contributed by atoms with Crippen LogP contribution in [-0.2, 0) is 9.53 Å². The van der Waals surface area contributed by atoms with Gasteiger partial charge in [0, 0.05) is 11.1 Å². The highest BCUT2D eigenvalue weighted by Crippen LogP contribution is 2.10. The van der Waals surface area contributed by atoms with Gasteiger partial charge >= 0.3 is 5.97 Å².